The highest BCUT2D eigenvalue weighted by Gasteiger charge is 2.24. The maximum Gasteiger partial charge on any atom is 0.246 e. The number of carbonyl (C=O) groups excluding carboxylic acids is 1. The first-order valence-electron chi connectivity index (χ1n) is 12.8. The topological polar surface area (TPSA) is 95.6 Å². The maximum atomic E-state index is 12.7. The van der Waals surface area contributed by atoms with Crippen LogP contribution >= 0.6 is 0 Å². The third-order valence-electron chi connectivity index (χ3n) is 6.24. The van der Waals surface area contributed by atoms with E-state index in [0.717, 1.165) is 37.1 Å². The summed E-state index contributed by atoms with van der Waals surface area (Å²) in [6.45, 7) is 2.09. The van der Waals surface area contributed by atoms with E-state index >= 15 is 0 Å². The monoisotopic (exact) mass is 512 g/mol. The summed E-state index contributed by atoms with van der Waals surface area (Å²) in [4.78, 5) is 21.0. The van der Waals surface area contributed by atoms with Crippen molar-refractivity contribution in [3.8, 4) is 23.0 Å². The molecule has 9 nitrogen and oxygen atoms in total. The van der Waals surface area contributed by atoms with E-state index in [2.05, 4.69) is 20.5 Å². The first-order valence-corrected chi connectivity index (χ1v) is 12.8. The molecule has 0 unspecified atom stereocenters. The second-order valence-electron chi connectivity index (χ2n) is 9.53. The smallest absolute Gasteiger partial charge is 0.246 e. The van der Waals surface area contributed by atoms with Gasteiger partial charge in [-0.15, -0.1) is 0 Å². The Morgan fingerprint density at radius 2 is 1.89 bits per heavy atom. The highest BCUT2D eigenvalue weighted by atomic mass is 16.5. The number of pyridine rings is 1. The summed E-state index contributed by atoms with van der Waals surface area (Å²) < 4.78 is 12.2. The minimum Gasteiger partial charge on any atom is -0.457 e. The average molecular weight is 513 g/mol. The lowest BCUT2D eigenvalue weighted by atomic mass is 10.1. The lowest BCUT2D eigenvalue weighted by Gasteiger charge is -2.32. The van der Waals surface area contributed by atoms with Crippen LogP contribution in [-0.4, -0.2) is 70.7 Å². The van der Waals surface area contributed by atoms with Gasteiger partial charge in [-0.3, -0.25) is 9.89 Å². The maximum absolute atomic E-state index is 12.7. The number of carbonyl (C=O) groups is 1. The molecule has 1 saturated heterocycles. The molecule has 196 valence electrons. The lowest BCUT2D eigenvalue weighted by Crippen LogP contribution is -2.44. The zero-order valence-electron chi connectivity index (χ0n) is 21.6. The summed E-state index contributed by atoms with van der Waals surface area (Å²) in [6, 6.07) is 19.0. The highest BCUT2D eigenvalue weighted by Crippen LogP contribution is 2.35. The van der Waals surface area contributed by atoms with Gasteiger partial charge in [0.2, 0.25) is 5.91 Å². The van der Waals surface area contributed by atoms with Gasteiger partial charge in [0, 0.05) is 50.1 Å². The van der Waals surface area contributed by atoms with Crippen LogP contribution in [0.1, 0.15) is 12.8 Å². The Balaban J connectivity index is 1.30. The van der Waals surface area contributed by atoms with Gasteiger partial charge in [0.25, 0.3) is 0 Å². The Morgan fingerprint density at radius 1 is 1.11 bits per heavy atom. The summed E-state index contributed by atoms with van der Waals surface area (Å²) in [6.07, 6.45) is 7.11. The van der Waals surface area contributed by atoms with Crippen molar-refractivity contribution in [3.05, 3.63) is 79.0 Å². The zero-order chi connectivity index (χ0) is 26.3. The summed E-state index contributed by atoms with van der Waals surface area (Å²) in [5.41, 5.74) is 0.622. The quantitative estimate of drug-likeness (QED) is 0.303. The number of nitrogens with one attached hydrogen (secondary N) is 2. The molecule has 3 heterocycles. The summed E-state index contributed by atoms with van der Waals surface area (Å²) in [7, 11) is 3.96. The Morgan fingerprint density at radius 3 is 2.71 bits per heavy atom. The van der Waals surface area contributed by atoms with Gasteiger partial charge in [-0.05, 0) is 51.2 Å². The molecular weight excluding hydrogens is 480 g/mol. The third kappa shape index (κ3) is 6.30. The number of ether oxygens (including phenoxy) is 2. The van der Waals surface area contributed by atoms with E-state index in [1.165, 1.54) is 0 Å². The van der Waals surface area contributed by atoms with Crippen LogP contribution in [0.2, 0.25) is 0 Å². The number of likely N-dealkylation sites (N-methyl/N-ethyl adjacent to an activating group) is 1. The molecule has 38 heavy (non-hydrogen) atoms. The zero-order valence-corrected chi connectivity index (χ0v) is 21.6. The Bertz CT molecular complexity index is 1400. The molecule has 2 aromatic heterocycles. The number of aromatic nitrogens is 3. The normalized spacial score (nSPS) is 15.8. The van der Waals surface area contributed by atoms with E-state index in [1.54, 1.807) is 12.3 Å². The molecule has 5 rings (SSSR count). The van der Waals surface area contributed by atoms with Gasteiger partial charge in [-0.2, -0.15) is 5.10 Å². The molecule has 1 aliphatic heterocycles. The summed E-state index contributed by atoms with van der Waals surface area (Å²) >= 11 is 0. The van der Waals surface area contributed by atoms with Crippen molar-refractivity contribution in [2.45, 2.75) is 18.9 Å². The van der Waals surface area contributed by atoms with Crippen molar-refractivity contribution < 1.29 is 14.3 Å². The second-order valence-corrected chi connectivity index (χ2v) is 9.53. The minimum absolute atomic E-state index is 0.0357. The molecule has 4 aromatic rings. The van der Waals surface area contributed by atoms with E-state index in [9.17, 15) is 4.79 Å². The van der Waals surface area contributed by atoms with Crippen LogP contribution in [0.5, 0.6) is 23.0 Å². The van der Waals surface area contributed by atoms with Crippen molar-refractivity contribution in [1.82, 2.24) is 25.0 Å². The first kappa shape index (κ1) is 25.3. The summed E-state index contributed by atoms with van der Waals surface area (Å²) in [5, 5.41) is 11.8. The number of para-hydroxylation sites is 1. The van der Waals surface area contributed by atoms with Crippen LogP contribution in [0.25, 0.3) is 11.0 Å². The SMILES string of the molecule is CN(C)C/C=C/C(=O)N1CCC[C@@H](Nc2n[nH]c3nccc(Oc4cccc(Oc5ccccc5)c4)c23)C1. The van der Waals surface area contributed by atoms with E-state index in [1.807, 2.05) is 90.6 Å². The molecule has 2 N–H and O–H groups in total. The fourth-order valence-electron chi connectivity index (χ4n) is 4.42. The number of H-pyrrole nitrogens is 1. The number of hydrogen-bond acceptors (Lipinski definition) is 7. The standard InChI is InChI=1S/C29H32N6O3/c1-34(2)17-8-14-26(36)35-18-7-9-21(20-35)31-29-27-25(15-16-30-28(27)32-33-29)38-24-13-6-12-23(19-24)37-22-10-4-3-5-11-22/h3-6,8,10-16,19,21H,7,9,17-18,20H2,1-2H3,(H2,30,31,32,33)/b14-8+/t21-/m1/s1. The Labute approximate surface area is 222 Å². The molecule has 0 radical (unpaired) electrons. The molecular formula is C29H32N6O3. The molecule has 0 bridgehead atoms. The van der Waals surface area contributed by atoms with Crippen LogP contribution in [-0.2, 0) is 4.79 Å². The van der Waals surface area contributed by atoms with Crippen LogP contribution in [0, 0.1) is 0 Å². The number of rotatable bonds is 9. The van der Waals surface area contributed by atoms with Gasteiger partial charge in [0.15, 0.2) is 11.5 Å². The van der Waals surface area contributed by atoms with Crippen molar-refractivity contribution in [2.75, 3.05) is 39.0 Å². The number of benzene rings is 2. The fourth-order valence-corrected chi connectivity index (χ4v) is 4.42. The van der Waals surface area contributed by atoms with Crippen molar-refractivity contribution in [2.24, 2.45) is 0 Å². The fraction of sp³-hybridized carbons (Fsp3) is 0.276. The largest absolute Gasteiger partial charge is 0.457 e. The van der Waals surface area contributed by atoms with Crippen LogP contribution in [0.15, 0.2) is 79.0 Å². The van der Waals surface area contributed by atoms with Gasteiger partial charge in [0.05, 0.1) is 0 Å². The predicted molar refractivity (Wildman–Crippen MR) is 148 cm³/mol. The number of hydrogen-bond donors (Lipinski definition) is 2. The lowest BCUT2D eigenvalue weighted by molar-refractivity contribution is -0.127. The number of nitrogens with zero attached hydrogens (tertiary/aromatic N) is 4. The van der Waals surface area contributed by atoms with Gasteiger partial charge >= 0.3 is 0 Å². The van der Waals surface area contributed by atoms with Gasteiger partial charge in [0.1, 0.15) is 28.4 Å². The number of anilines is 1. The molecule has 1 atom stereocenters. The van der Waals surface area contributed by atoms with Gasteiger partial charge in [-0.1, -0.05) is 30.3 Å². The van der Waals surface area contributed by atoms with Gasteiger partial charge < -0.3 is 24.6 Å². The Kier molecular flexibility index (Phi) is 7.84. The number of likely N-dealkylation sites (tertiary alicyclic amines) is 1. The third-order valence-corrected chi connectivity index (χ3v) is 6.24. The van der Waals surface area contributed by atoms with Crippen LogP contribution in [0.4, 0.5) is 5.82 Å². The molecule has 9 heteroatoms. The van der Waals surface area contributed by atoms with Crippen LogP contribution < -0.4 is 14.8 Å². The van der Waals surface area contributed by atoms with Crippen molar-refractivity contribution >= 4 is 22.8 Å². The van der Waals surface area contributed by atoms with Crippen LogP contribution in [0.3, 0.4) is 0 Å². The van der Waals surface area contributed by atoms with E-state index in [4.69, 9.17) is 9.47 Å². The van der Waals surface area contributed by atoms with Gasteiger partial charge in [-0.25, -0.2) is 4.98 Å². The van der Waals surface area contributed by atoms with E-state index < -0.39 is 0 Å². The first-order chi connectivity index (χ1) is 18.5. The van der Waals surface area contributed by atoms with E-state index in [-0.39, 0.29) is 11.9 Å². The van der Waals surface area contributed by atoms with Crippen molar-refractivity contribution in [3.63, 3.8) is 0 Å². The summed E-state index contributed by atoms with van der Waals surface area (Å²) in [5.74, 6) is 3.38. The molecule has 1 aliphatic rings. The van der Waals surface area contributed by atoms with E-state index in [0.29, 0.717) is 35.3 Å². The molecule has 0 saturated carbocycles. The number of amides is 1. The highest BCUT2D eigenvalue weighted by molar-refractivity contribution is 5.93. The molecule has 0 spiro atoms. The van der Waals surface area contributed by atoms with Crippen molar-refractivity contribution in [1.29, 1.82) is 0 Å². The molecule has 2 aromatic carbocycles. The molecule has 1 fully saturated rings. The predicted octanol–water partition coefficient (Wildman–Crippen LogP) is 5.06. The second kappa shape index (κ2) is 11.8. The molecule has 0 aliphatic carbocycles. The number of aromatic amines is 1. The minimum atomic E-state index is 0.0357. The average Bonchev–Trinajstić information content (AvgIpc) is 3.33. The molecule has 1 amide bonds. The number of piperidine rings is 1. The number of fused-ring (bicyclic) bond motifs is 1. The Hall–Kier alpha value is -4.37.